The lowest BCUT2D eigenvalue weighted by Gasteiger charge is -2.16. The molecule has 2 aromatic rings. The first-order valence-corrected chi connectivity index (χ1v) is 7.07. The summed E-state index contributed by atoms with van der Waals surface area (Å²) in [6.45, 7) is 0.335. The number of amides is 1. The highest BCUT2D eigenvalue weighted by Gasteiger charge is 2.12. The number of likely N-dealkylation sites (N-methyl/N-ethyl adjacent to an activating group) is 1. The topological polar surface area (TPSA) is 42.7 Å². The SMILES string of the molecule is CN(Cc1ccco1)C(=O)COc1ccc(Br)cc1Cl. The molecule has 0 aliphatic heterocycles. The Hall–Kier alpha value is -1.46. The molecule has 0 saturated heterocycles. The minimum Gasteiger partial charge on any atom is -0.482 e. The number of hydrogen-bond donors (Lipinski definition) is 0. The molecule has 1 aromatic heterocycles. The highest BCUT2D eigenvalue weighted by atomic mass is 79.9. The summed E-state index contributed by atoms with van der Waals surface area (Å²) in [5.41, 5.74) is 0. The van der Waals surface area contributed by atoms with E-state index < -0.39 is 0 Å². The molecule has 0 atom stereocenters. The standard InChI is InChI=1S/C14H13BrClNO3/c1-17(8-11-3-2-6-19-11)14(18)9-20-13-5-4-10(15)7-12(13)16/h2-7H,8-9H2,1H3. The highest BCUT2D eigenvalue weighted by Crippen LogP contribution is 2.27. The maximum Gasteiger partial charge on any atom is 0.260 e. The van der Waals surface area contributed by atoms with E-state index in [0.29, 0.717) is 17.3 Å². The Labute approximate surface area is 130 Å². The molecule has 0 unspecified atom stereocenters. The zero-order chi connectivity index (χ0) is 14.5. The zero-order valence-corrected chi connectivity index (χ0v) is 13.1. The van der Waals surface area contributed by atoms with Crippen LogP contribution in [0.3, 0.4) is 0 Å². The van der Waals surface area contributed by atoms with Crippen molar-refractivity contribution in [2.75, 3.05) is 13.7 Å². The smallest absolute Gasteiger partial charge is 0.260 e. The molecule has 6 heteroatoms. The van der Waals surface area contributed by atoms with Gasteiger partial charge in [-0.15, -0.1) is 0 Å². The van der Waals surface area contributed by atoms with Crippen LogP contribution >= 0.6 is 27.5 Å². The van der Waals surface area contributed by atoms with Crippen LogP contribution in [0.1, 0.15) is 5.76 Å². The molecule has 4 nitrogen and oxygen atoms in total. The van der Waals surface area contributed by atoms with Gasteiger partial charge in [-0.1, -0.05) is 27.5 Å². The molecule has 106 valence electrons. The fraction of sp³-hybridized carbons (Fsp3) is 0.214. The van der Waals surface area contributed by atoms with Gasteiger partial charge in [0.25, 0.3) is 5.91 Å². The third kappa shape index (κ3) is 4.02. The maximum absolute atomic E-state index is 11.9. The van der Waals surface area contributed by atoms with Crippen molar-refractivity contribution < 1.29 is 13.9 Å². The number of nitrogens with zero attached hydrogens (tertiary/aromatic N) is 1. The van der Waals surface area contributed by atoms with Gasteiger partial charge >= 0.3 is 0 Å². The van der Waals surface area contributed by atoms with Gasteiger partial charge < -0.3 is 14.1 Å². The monoisotopic (exact) mass is 357 g/mol. The molecule has 1 amide bonds. The second-order valence-electron chi connectivity index (χ2n) is 4.19. The van der Waals surface area contributed by atoms with Crippen molar-refractivity contribution in [3.05, 3.63) is 51.9 Å². The molecule has 0 bridgehead atoms. The molecule has 0 fully saturated rings. The van der Waals surface area contributed by atoms with Crippen LogP contribution < -0.4 is 4.74 Å². The highest BCUT2D eigenvalue weighted by molar-refractivity contribution is 9.10. The first-order chi connectivity index (χ1) is 9.56. The van der Waals surface area contributed by atoms with Gasteiger partial charge in [-0.3, -0.25) is 4.79 Å². The molecule has 0 spiro atoms. The van der Waals surface area contributed by atoms with Gasteiger partial charge in [-0.05, 0) is 30.3 Å². The average molecular weight is 359 g/mol. The molecule has 1 heterocycles. The third-order valence-electron chi connectivity index (χ3n) is 2.64. The minimum absolute atomic E-state index is 0.0709. The van der Waals surface area contributed by atoms with Crippen LogP contribution in [0, 0.1) is 0 Å². The third-order valence-corrected chi connectivity index (χ3v) is 3.43. The summed E-state index contributed by atoms with van der Waals surface area (Å²) in [6.07, 6.45) is 1.58. The van der Waals surface area contributed by atoms with Crippen molar-refractivity contribution in [1.29, 1.82) is 0 Å². The number of benzene rings is 1. The lowest BCUT2D eigenvalue weighted by Crippen LogP contribution is -2.30. The van der Waals surface area contributed by atoms with E-state index in [2.05, 4.69) is 15.9 Å². The van der Waals surface area contributed by atoms with E-state index >= 15 is 0 Å². The van der Waals surface area contributed by atoms with Crippen molar-refractivity contribution >= 4 is 33.4 Å². The van der Waals surface area contributed by atoms with E-state index in [-0.39, 0.29) is 12.5 Å². The Bertz CT molecular complexity index is 586. The molecular formula is C14H13BrClNO3. The zero-order valence-electron chi connectivity index (χ0n) is 10.8. The molecule has 2 rings (SSSR count). The van der Waals surface area contributed by atoms with Crippen LogP contribution in [0.2, 0.25) is 5.02 Å². The lowest BCUT2D eigenvalue weighted by molar-refractivity contribution is -0.132. The second-order valence-corrected chi connectivity index (χ2v) is 5.52. The molecule has 0 aliphatic carbocycles. The summed E-state index contributed by atoms with van der Waals surface area (Å²) in [7, 11) is 1.69. The summed E-state index contributed by atoms with van der Waals surface area (Å²) >= 11 is 9.32. The predicted octanol–water partition coefficient (Wildman–Crippen LogP) is 3.73. The van der Waals surface area contributed by atoms with Gasteiger partial charge in [0.15, 0.2) is 6.61 Å². The summed E-state index contributed by atoms with van der Waals surface area (Å²) in [6, 6.07) is 8.83. The van der Waals surface area contributed by atoms with E-state index in [4.69, 9.17) is 20.8 Å². The van der Waals surface area contributed by atoms with E-state index in [1.54, 1.807) is 37.6 Å². The fourth-order valence-corrected chi connectivity index (χ4v) is 2.29. The van der Waals surface area contributed by atoms with Crippen molar-refractivity contribution in [3.8, 4) is 5.75 Å². The fourth-order valence-electron chi connectivity index (χ4n) is 1.57. The average Bonchev–Trinajstić information content (AvgIpc) is 2.90. The van der Waals surface area contributed by atoms with Crippen LogP contribution in [0.25, 0.3) is 0 Å². The molecule has 0 saturated carbocycles. The van der Waals surface area contributed by atoms with Crippen molar-refractivity contribution in [1.82, 2.24) is 4.90 Å². The lowest BCUT2D eigenvalue weighted by atomic mass is 10.3. The Balaban J connectivity index is 1.88. The maximum atomic E-state index is 11.9. The number of carbonyl (C=O) groups excluding carboxylic acids is 1. The van der Waals surface area contributed by atoms with E-state index in [9.17, 15) is 4.79 Å². The number of rotatable bonds is 5. The van der Waals surface area contributed by atoms with Gasteiger partial charge in [0.05, 0.1) is 17.8 Å². The molecule has 0 aliphatic rings. The Morgan fingerprint density at radius 2 is 2.25 bits per heavy atom. The Morgan fingerprint density at radius 3 is 2.90 bits per heavy atom. The van der Waals surface area contributed by atoms with Crippen molar-refractivity contribution in [2.24, 2.45) is 0 Å². The largest absolute Gasteiger partial charge is 0.482 e. The van der Waals surface area contributed by atoms with Crippen LogP contribution in [0.5, 0.6) is 5.75 Å². The summed E-state index contributed by atoms with van der Waals surface area (Å²) in [5.74, 6) is 1.05. The first kappa shape index (κ1) is 14.9. The number of furan rings is 1. The second kappa shape index (κ2) is 6.81. The number of hydrogen-bond acceptors (Lipinski definition) is 3. The first-order valence-electron chi connectivity index (χ1n) is 5.90. The van der Waals surface area contributed by atoms with Gasteiger partial charge in [0, 0.05) is 11.5 Å². The van der Waals surface area contributed by atoms with E-state index in [1.165, 1.54) is 4.90 Å². The minimum atomic E-state index is -0.152. The molecule has 0 N–H and O–H groups in total. The van der Waals surface area contributed by atoms with Crippen LogP contribution in [-0.4, -0.2) is 24.5 Å². The van der Waals surface area contributed by atoms with Gasteiger partial charge in [0.1, 0.15) is 11.5 Å². The molecule has 20 heavy (non-hydrogen) atoms. The quantitative estimate of drug-likeness (QED) is 0.818. The molecular weight excluding hydrogens is 346 g/mol. The van der Waals surface area contributed by atoms with Crippen LogP contribution in [-0.2, 0) is 11.3 Å². The molecule has 1 aromatic carbocycles. The number of ether oxygens (including phenoxy) is 1. The Morgan fingerprint density at radius 1 is 1.45 bits per heavy atom. The van der Waals surface area contributed by atoms with Crippen molar-refractivity contribution in [2.45, 2.75) is 6.54 Å². The summed E-state index contributed by atoms with van der Waals surface area (Å²) in [5, 5.41) is 0.459. The van der Waals surface area contributed by atoms with Gasteiger partial charge in [-0.25, -0.2) is 0 Å². The normalized spacial score (nSPS) is 10.3. The predicted molar refractivity (Wildman–Crippen MR) is 79.8 cm³/mol. The summed E-state index contributed by atoms with van der Waals surface area (Å²) < 4.78 is 11.5. The molecule has 0 radical (unpaired) electrons. The number of carbonyl (C=O) groups is 1. The van der Waals surface area contributed by atoms with Crippen LogP contribution in [0.4, 0.5) is 0 Å². The van der Waals surface area contributed by atoms with Gasteiger partial charge in [0.2, 0.25) is 0 Å². The number of halogens is 2. The van der Waals surface area contributed by atoms with E-state index in [0.717, 1.165) is 10.2 Å². The summed E-state index contributed by atoms with van der Waals surface area (Å²) in [4.78, 5) is 13.5. The van der Waals surface area contributed by atoms with Crippen molar-refractivity contribution in [3.63, 3.8) is 0 Å². The Kier molecular flexibility index (Phi) is 5.09. The van der Waals surface area contributed by atoms with E-state index in [1.807, 2.05) is 6.07 Å². The van der Waals surface area contributed by atoms with Crippen LogP contribution in [0.15, 0.2) is 45.5 Å². The van der Waals surface area contributed by atoms with Gasteiger partial charge in [-0.2, -0.15) is 0 Å².